The van der Waals surface area contributed by atoms with Gasteiger partial charge in [-0.25, -0.2) is 4.79 Å². The number of rotatable bonds is 9. The third-order valence-corrected chi connectivity index (χ3v) is 5.52. The first-order chi connectivity index (χ1) is 17.5. The predicted octanol–water partition coefficient (Wildman–Crippen LogP) is 5.48. The zero-order chi connectivity index (χ0) is 25.5. The Morgan fingerprint density at radius 3 is 2.58 bits per heavy atom. The van der Waals surface area contributed by atoms with E-state index >= 15 is 0 Å². The molecule has 182 valence electrons. The van der Waals surface area contributed by atoms with Crippen molar-refractivity contribution in [1.82, 2.24) is 0 Å². The fraction of sp³-hybridized carbons (Fsp3) is 0.172. The lowest BCUT2D eigenvalue weighted by molar-refractivity contribution is 0.0734. The molecular weight excluding hydrogens is 456 g/mol. The number of nitriles is 1. The lowest BCUT2D eigenvalue weighted by Gasteiger charge is -2.26. The molecule has 1 aliphatic heterocycles. The second kappa shape index (κ2) is 11.2. The van der Waals surface area contributed by atoms with Crippen molar-refractivity contribution in [3.05, 3.63) is 108 Å². The molecule has 1 atom stereocenters. The molecular formula is C29H26N2O5. The van der Waals surface area contributed by atoms with E-state index in [4.69, 9.17) is 24.7 Å². The van der Waals surface area contributed by atoms with Gasteiger partial charge in [0.1, 0.15) is 41.2 Å². The molecule has 1 heterocycles. The Balaban J connectivity index is 1.59. The molecule has 0 fully saturated rings. The van der Waals surface area contributed by atoms with Crippen molar-refractivity contribution >= 4 is 5.97 Å². The Bertz CT molecular complexity index is 1340. The summed E-state index contributed by atoms with van der Waals surface area (Å²) in [6.07, 6.45) is 2.53. The molecule has 1 aliphatic rings. The number of carbonyl (C=O) groups is 1. The van der Waals surface area contributed by atoms with E-state index in [1.54, 1.807) is 48.5 Å². The van der Waals surface area contributed by atoms with Crippen LogP contribution in [-0.2, 0) is 0 Å². The number of hydrogen-bond acceptors (Lipinski definition) is 7. The van der Waals surface area contributed by atoms with Gasteiger partial charge in [0.15, 0.2) is 0 Å². The van der Waals surface area contributed by atoms with Crippen LogP contribution in [0.3, 0.4) is 0 Å². The van der Waals surface area contributed by atoms with Crippen molar-refractivity contribution in [2.75, 3.05) is 13.2 Å². The molecule has 2 N–H and O–H groups in total. The van der Waals surface area contributed by atoms with E-state index in [1.165, 1.54) is 0 Å². The number of nitrogens with two attached hydrogens (primary N) is 1. The van der Waals surface area contributed by atoms with E-state index in [0.717, 1.165) is 17.5 Å². The summed E-state index contributed by atoms with van der Waals surface area (Å²) < 4.78 is 22.5. The first kappa shape index (κ1) is 24.4. The highest BCUT2D eigenvalue weighted by Crippen LogP contribution is 2.43. The highest BCUT2D eigenvalue weighted by molar-refractivity contribution is 5.91. The van der Waals surface area contributed by atoms with E-state index in [2.05, 4.69) is 12.6 Å². The van der Waals surface area contributed by atoms with E-state index in [9.17, 15) is 10.1 Å². The Kier molecular flexibility index (Phi) is 7.57. The van der Waals surface area contributed by atoms with Crippen LogP contribution in [0.25, 0.3) is 0 Å². The Labute approximate surface area is 210 Å². The van der Waals surface area contributed by atoms with Crippen molar-refractivity contribution in [2.45, 2.75) is 19.3 Å². The number of hydrogen-bond donors (Lipinski definition) is 1. The number of ether oxygens (including phenoxy) is 4. The zero-order valence-corrected chi connectivity index (χ0v) is 19.9. The van der Waals surface area contributed by atoms with Crippen LogP contribution in [0.15, 0.2) is 90.8 Å². The van der Waals surface area contributed by atoms with Crippen LogP contribution in [0.1, 0.15) is 40.7 Å². The minimum absolute atomic E-state index is 0.00577. The highest BCUT2D eigenvalue weighted by Gasteiger charge is 2.31. The standard InChI is InChI=1S/C29H26N2O5/c1-3-14-33-21-10-8-19(9-11-21)27-24-13-12-23(17-26(24)36-28(31)25(27)18-30)35-29(32)20-6-5-7-22(16-20)34-15-4-2/h3,5-13,16-17,27H,1,4,14-15,31H2,2H3. The summed E-state index contributed by atoms with van der Waals surface area (Å²) in [5.74, 6) is 1.03. The summed E-state index contributed by atoms with van der Waals surface area (Å²) in [5, 5.41) is 9.78. The Hall–Kier alpha value is -4.70. The average Bonchev–Trinajstić information content (AvgIpc) is 2.90. The molecule has 0 spiro atoms. The second-order valence-corrected chi connectivity index (χ2v) is 8.06. The van der Waals surface area contributed by atoms with Crippen molar-refractivity contribution in [3.63, 3.8) is 0 Å². The van der Waals surface area contributed by atoms with Crippen LogP contribution in [0, 0.1) is 11.3 Å². The van der Waals surface area contributed by atoms with Gasteiger partial charge in [0.05, 0.1) is 18.1 Å². The number of fused-ring (bicyclic) bond motifs is 1. The van der Waals surface area contributed by atoms with Crippen molar-refractivity contribution < 1.29 is 23.7 Å². The molecule has 0 bridgehead atoms. The SMILES string of the molecule is C=CCOc1ccc(C2C(C#N)=C(N)Oc3cc(OC(=O)c4cccc(OCCC)c4)ccc32)cc1. The van der Waals surface area contributed by atoms with Crippen molar-refractivity contribution in [2.24, 2.45) is 5.73 Å². The maximum Gasteiger partial charge on any atom is 0.343 e. The fourth-order valence-electron chi connectivity index (χ4n) is 3.85. The fourth-order valence-corrected chi connectivity index (χ4v) is 3.85. The minimum Gasteiger partial charge on any atom is -0.494 e. The van der Waals surface area contributed by atoms with Gasteiger partial charge < -0.3 is 24.7 Å². The van der Waals surface area contributed by atoms with Gasteiger partial charge in [-0.2, -0.15) is 5.26 Å². The average molecular weight is 483 g/mol. The lowest BCUT2D eigenvalue weighted by atomic mass is 9.83. The van der Waals surface area contributed by atoms with Gasteiger partial charge in [0.2, 0.25) is 5.88 Å². The highest BCUT2D eigenvalue weighted by atomic mass is 16.5. The molecule has 3 aromatic rings. The normalized spacial score (nSPS) is 14.2. The summed E-state index contributed by atoms with van der Waals surface area (Å²) >= 11 is 0. The van der Waals surface area contributed by atoms with Crippen LogP contribution in [-0.4, -0.2) is 19.2 Å². The molecule has 0 aliphatic carbocycles. The molecule has 7 nitrogen and oxygen atoms in total. The van der Waals surface area contributed by atoms with E-state index < -0.39 is 11.9 Å². The summed E-state index contributed by atoms with van der Waals surface area (Å²) in [4.78, 5) is 12.7. The van der Waals surface area contributed by atoms with Crippen LogP contribution < -0.4 is 24.7 Å². The van der Waals surface area contributed by atoms with Crippen molar-refractivity contribution in [1.29, 1.82) is 5.26 Å². The van der Waals surface area contributed by atoms with Crippen LogP contribution in [0.2, 0.25) is 0 Å². The summed E-state index contributed by atoms with van der Waals surface area (Å²) in [7, 11) is 0. The lowest BCUT2D eigenvalue weighted by Crippen LogP contribution is -2.21. The molecule has 0 amide bonds. The van der Waals surface area contributed by atoms with Crippen LogP contribution in [0.4, 0.5) is 0 Å². The van der Waals surface area contributed by atoms with Crippen LogP contribution in [0.5, 0.6) is 23.0 Å². The third-order valence-electron chi connectivity index (χ3n) is 5.52. The van der Waals surface area contributed by atoms with Crippen LogP contribution >= 0.6 is 0 Å². The molecule has 0 saturated carbocycles. The second-order valence-electron chi connectivity index (χ2n) is 8.06. The van der Waals surface area contributed by atoms with E-state index in [-0.39, 0.29) is 5.88 Å². The molecule has 4 rings (SSSR count). The molecule has 0 aromatic heterocycles. The van der Waals surface area contributed by atoms with Gasteiger partial charge in [0.25, 0.3) is 0 Å². The predicted molar refractivity (Wildman–Crippen MR) is 135 cm³/mol. The smallest absolute Gasteiger partial charge is 0.343 e. The molecule has 3 aromatic carbocycles. The van der Waals surface area contributed by atoms with Gasteiger partial charge in [-0.3, -0.25) is 0 Å². The maximum absolute atomic E-state index is 12.7. The number of esters is 1. The number of benzene rings is 3. The third kappa shape index (κ3) is 5.34. The molecule has 1 unspecified atom stereocenters. The van der Waals surface area contributed by atoms with E-state index in [0.29, 0.717) is 47.3 Å². The summed E-state index contributed by atoms with van der Waals surface area (Å²) in [6, 6.07) is 21.5. The molecule has 36 heavy (non-hydrogen) atoms. The van der Waals surface area contributed by atoms with Crippen molar-refractivity contribution in [3.8, 4) is 29.1 Å². The minimum atomic E-state index is -0.527. The first-order valence-corrected chi connectivity index (χ1v) is 11.5. The van der Waals surface area contributed by atoms with Gasteiger partial charge in [-0.1, -0.05) is 43.8 Å². The molecule has 0 radical (unpaired) electrons. The number of nitrogens with zero attached hydrogens (tertiary/aromatic N) is 1. The largest absolute Gasteiger partial charge is 0.494 e. The van der Waals surface area contributed by atoms with Gasteiger partial charge in [-0.05, 0) is 48.4 Å². The summed E-state index contributed by atoms with van der Waals surface area (Å²) in [6.45, 7) is 6.61. The Morgan fingerprint density at radius 2 is 1.86 bits per heavy atom. The zero-order valence-electron chi connectivity index (χ0n) is 19.9. The van der Waals surface area contributed by atoms with Gasteiger partial charge in [-0.15, -0.1) is 0 Å². The monoisotopic (exact) mass is 482 g/mol. The van der Waals surface area contributed by atoms with Gasteiger partial charge >= 0.3 is 5.97 Å². The molecule has 7 heteroatoms. The first-order valence-electron chi connectivity index (χ1n) is 11.5. The Morgan fingerprint density at radius 1 is 1.08 bits per heavy atom. The van der Waals surface area contributed by atoms with Gasteiger partial charge in [0, 0.05) is 11.6 Å². The topological polar surface area (TPSA) is 104 Å². The quantitative estimate of drug-likeness (QED) is 0.245. The van der Waals surface area contributed by atoms with E-state index in [1.807, 2.05) is 31.2 Å². The number of allylic oxidation sites excluding steroid dienone is 1. The number of carbonyl (C=O) groups excluding carboxylic acids is 1. The molecule has 0 saturated heterocycles. The maximum atomic E-state index is 12.7. The summed E-state index contributed by atoms with van der Waals surface area (Å²) in [5.41, 5.74) is 8.35.